The van der Waals surface area contributed by atoms with Crippen molar-refractivity contribution < 1.29 is 9.59 Å². The van der Waals surface area contributed by atoms with E-state index in [-0.39, 0.29) is 17.7 Å². The van der Waals surface area contributed by atoms with E-state index in [0.717, 1.165) is 45.3 Å². The summed E-state index contributed by atoms with van der Waals surface area (Å²) in [5.41, 5.74) is 2.96. The summed E-state index contributed by atoms with van der Waals surface area (Å²) in [4.78, 5) is 29.8. The minimum Gasteiger partial charge on any atom is -0.335 e. The van der Waals surface area contributed by atoms with Gasteiger partial charge < -0.3 is 10.2 Å². The van der Waals surface area contributed by atoms with Crippen LogP contribution in [0.3, 0.4) is 0 Å². The van der Waals surface area contributed by atoms with Gasteiger partial charge in [-0.15, -0.1) is 0 Å². The molecule has 166 valence electrons. The monoisotopic (exact) mass is 423 g/mol. The summed E-state index contributed by atoms with van der Waals surface area (Å²) in [5.74, 6) is 0.650. The summed E-state index contributed by atoms with van der Waals surface area (Å²) in [5, 5.41) is 7.36. The van der Waals surface area contributed by atoms with Gasteiger partial charge in [-0.2, -0.15) is 5.10 Å². The van der Waals surface area contributed by atoms with Crippen LogP contribution in [0, 0.1) is 12.8 Å². The van der Waals surface area contributed by atoms with Crippen LogP contribution in [0.1, 0.15) is 53.7 Å². The first kappa shape index (κ1) is 21.6. The van der Waals surface area contributed by atoms with Gasteiger partial charge in [-0.25, -0.2) is 0 Å². The van der Waals surface area contributed by atoms with Crippen molar-refractivity contribution in [2.24, 2.45) is 13.0 Å². The SMILES string of the molecule is Cc1ccc(CN2CCN(C(=O)c3cc(NC(=O)C4CCCCC4)n(C)n3)CC2)cc1. The highest BCUT2D eigenvalue weighted by molar-refractivity contribution is 5.96. The van der Waals surface area contributed by atoms with Gasteiger partial charge in [-0.05, 0) is 25.3 Å². The molecule has 2 aliphatic rings. The molecule has 31 heavy (non-hydrogen) atoms. The lowest BCUT2D eigenvalue weighted by molar-refractivity contribution is -0.120. The van der Waals surface area contributed by atoms with Crippen LogP contribution in [0.5, 0.6) is 0 Å². The third kappa shape index (κ3) is 5.34. The maximum atomic E-state index is 13.0. The summed E-state index contributed by atoms with van der Waals surface area (Å²) < 4.78 is 1.60. The summed E-state index contributed by atoms with van der Waals surface area (Å²) >= 11 is 0. The van der Waals surface area contributed by atoms with E-state index in [1.165, 1.54) is 17.5 Å². The van der Waals surface area contributed by atoms with Crippen LogP contribution in [0.2, 0.25) is 0 Å². The van der Waals surface area contributed by atoms with E-state index < -0.39 is 0 Å². The number of nitrogens with one attached hydrogen (secondary N) is 1. The Morgan fingerprint density at radius 2 is 1.71 bits per heavy atom. The molecule has 2 fully saturated rings. The Labute approximate surface area is 184 Å². The summed E-state index contributed by atoms with van der Waals surface area (Å²) in [7, 11) is 1.77. The molecule has 0 radical (unpaired) electrons. The number of carbonyl (C=O) groups excluding carboxylic acids is 2. The lowest BCUT2D eigenvalue weighted by atomic mass is 9.89. The number of anilines is 1. The third-order valence-electron chi connectivity index (χ3n) is 6.51. The second-order valence-electron chi connectivity index (χ2n) is 8.92. The molecule has 1 N–H and O–H groups in total. The van der Waals surface area contributed by atoms with Crippen LogP contribution in [-0.2, 0) is 18.4 Å². The largest absolute Gasteiger partial charge is 0.335 e. The molecule has 0 bridgehead atoms. The molecule has 1 saturated carbocycles. The minimum atomic E-state index is -0.0660. The van der Waals surface area contributed by atoms with Crippen LogP contribution < -0.4 is 5.32 Å². The average Bonchev–Trinajstić information content (AvgIpc) is 3.16. The van der Waals surface area contributed by atoms with Gasteiger partial charge in [0.1, 0.15) is 5.82 Å². The highest BCUT2D eigenvalue weighted by Crippen LogP contribution is 2.25. The fraction of sp³-hybridized carbons (Fsp3) is 0.542. The van der Waals surface area contributed by atoms with Gasteiger partial charge in [-0.1, -0.05) is 49.1 Å². The third-order valence-corrected chi connectivity index (χ3v) is 6.51. The fourth-order valence-corrected chi connectivity index (χ4v) is 4.50. The van der Waals surface area contributed by atoms with Crippen molar-refractivity contribution in [3.63, 3.8) is 0 Å². The molecular formula is C24H33N5O2. The van der Waals surface area contributed by atoms with Gasteiger partial charge >= 0.3 is 0 Å². The summed E-state index contributed by atoms with van der Waals surface area (Å²) in [6, 6.07) is 10.3. The highest BCUT2D eigenvalue weighted by atomic mass is 16.2. The summed E-state index contributed by atoms with van der Waals surface area (Å²) in [6.07, 6.45) is 5.34. The number of amides is 2. The molecule has 2 aromatic rings. The van der Waals surface area contributed by atoms with Gasteiger partial charge in [0.2, 0.25) is 5.91 Å². The van der Waals surface area contributed by atoms with Gasteiger partial charge in [0, 0.05) is 51.8 Å². The van der Waals surface area contributed by atoms with Crippen LogP contribution in [0.25, 0.3) is 0 Å². The quantitative estimate of drug-likeness (QED) is 0.802. The molecule has 4 rings (SSSR count). The number of hydrogen-bond donors (Lipinski definition) is 1. The Hall–Kier alpha value is -2.67. The second kappa shape index (κ2) is 9.64. The second-order valence-corrected chi connectivity index (χ2v) is 8.92. The molecule has 1 aromatic heterocycles. The standard InChI is InChI=1S/C24H33N5O2/c1-18-8-10-19(11-9-18)17-28-12-14-29(15-13-28)24(31)21-16-22(27(2)26-21)25-23(30)20-6-4-3-5-7-20/h8-11,16,20H,3-7,12-15,17H2,1-2H3,(H,25,30). The molecule has 1 aliphatic carbocycles. The van der Waals surface area contributed by atoms with Crippen LogP contribution in [-0.4, -0.2) is 57.6 Å². The molecule has 0 unspecified atom stereocenters. The van der Waals surface area contributed by atoms with Crippen LogP contribution in [0.15, 0.2) is 30.3 Å². The number of carbonyl (C=O) groups is 2. The van der Waals surface area contributed by atoms with Crippen molar-refractivity contribution in [2.75, 3.05) is 31.5 Å². The van der Waals surface area contributed by atoms with Crippen molar-refractivity contribution in [2.45, 2.75) is 45.6 Å². The number of aromatic nitrogens is 2. The van der Waals surface area contributed by atoms with Crippen LogP contribution >= 0.6 is 0 Å². The Bertz CT molecular complexity index is 907. The normalized spacial score (nSPS) is 18.2. The molecule has 2 amide bonds. The first-order valence-corrected chi connectivity index (χ1v) is 11.4. The Morgan fingerprint density at radius 1 is 1.03 bits per heavy atom. The van der Waals surface area contributed by atoms with Crippen molar-refractivity contribution in [3.05, 3.63) is 47.2 Å². The molecule has 1 aliphatic heterocycles. The Morgan fingerprint density at radius 3 is 2.39 bits per heavy atom. The van der Waals surface area contributed by atoms with E-state index in [1.54, 1.807) is 17.8 Å². The number of aryl methyl sites for hydroxylation is 2. The number of rotatable bonds is 5. The number of piperazine rings is 1. The van der Waals surface area contributed by atoms with Gasteiger partial charge in [0.05, 0.1) is 0 Å². The number of nitrogens with zero attached hydrogens (tertiary/aromatic N) is 4. The summed E-state index contributed by atoms with van der Waals surface area (Å²) in [6.45, 7) is 6.06. The maximum absolute atomic E-state index is 13.0. The Kier molecular flexibility index (Phi) is 6.70. The van der Waals surface area contributed by atoms with E-state index in [4.69, 9.17) is 0 Å². The molecule has 0 spiro atoms. The lowest BCUT2D eigenvalue weighted by Gasteiger charge is -2.34. The Balaban J connectivity index is 1.31. The topological polar surface area (TPSA) is 70.5 Å². The molecule has 0 atom stereocenters. The van der Waals surface area contributed by atoms with Crippen LogP contribution in [0.4, 0.5) is 5.82 Å². The number of hydrogen-bond acceptors (Lipinski definition) is 4. The van der Waals surface area contributed by atoms with Gasteiger partial charge in [-0.3, -0.25) is 19.2 Å². The maximum Gasteiger partial charge on any atom is 0.274 e. The van der Waals surface area contributed by atoms with Crippen molar-refractivity contribution in [1.82, 2.24) is 19.6 Å². The first-order chi connectivity index (χ1) is 15.0. The zero-order valence-corrected chi connectivity index (χ0v) is 18.6. The van der Waals surface area contributed by atoms with E-state index in [2.05, 4.69) is 46.5 Å². The molecular weight excluding hydrogens is 390 g/mol. The molecule has 2 heterocycles. The molecule has 1 saturated heterocycles. The zero-order chi connectivity index (χ0) is 21.8. The highest BCUT2D eigenvalue weighted by Gasteiger charge is 2.26. The minimum absolute atomic E-state index is 0.0476. The van der Waals surface area contributed by atoms with Crippen molar-refractivity contribution in [1.29, 1.82) is 0 Å². The lowest BCUT2D eigenvalue weighted by Crippen LogP contribution is -2.48. The van der Waals surface area contributed by atoms with Gasteiger partial charge in [0.15, 0.2) is 5.69 Å². The zero-order valence-electron chi connectivity index (χ0n) is 18.6. The molecule has 7 heteroatoms. The smallest absolute Gasteiger partial charge is 0.274 e. The fourth-order valence-electron chi connectivity index (χ4n) is 4.50. The number of benzene rings is 1. The van der Waals surface area contributed by atoms with E-state index in [9.17, 15) is 9.59 Å². The average molecular weight is 424 g/mol. The molecule has 1 aromatic carbocycles. The van der Waals surface area contributed by atoms with E-state index in [0.29, 0.717) is 24.6 Å². The first-order valence-electron chi connectivity index (χ1n) is 11.4. The van der Waals surface area contributed by atoms with E-state index in [1.807, 2.05) is 4.90 Å². The predicted molar refractivity (Wildman–Crippen MR) is 121 cm³/mol. The van der Waals surface area contributed by atoms with Gasteiger partial charge in [0.25, 0.3) is 5.91 Å². The molecule has 7 nitrogen and oxygen atoms in total. The van der Waals surface area contributed by atoms with E-state index >= 15 is 0 Å². The van der Waals surface area contributed by atoms with Crippen molar-refractivity contribution in [3.8, 4) is 0 Å². The predicted octanol–water partition coefficient (Wildman–Crippen LogP) is 3.21. The van der Waals surface area contributed by atoms with Crippen molar-refractivity contribution >= 4 is 17.6 Å².